The molecule has 0 spiro atoms. The van der Waals surface area contributed by atoms with E-state index in [-0.39, 0.29) is 36.4 Å². The highest BCUT2D eigenvalue weighted by atomic mass is 16.2. The van der Waals surface area contributed by atoms with Gasteiger partial charge in [0.05, 0.1) is 0 Å². The number of hydrogen-bond acceptors (Lipinski definition) is 3. The standard InChI is InChI=1S/C24H30N2O3/c1-4-17(3)24(29)26-21-8-6-7-19(15-21)16-25-23(28)14-13-22(27)20-11-9-18(5-2)10-12-20/h6-12,15,17H,4-5,13-14,16H2,1-3H3,(H,25,28)(H,26,29). The van der Waals surface area contributed by atoms with Crippen LogP contribution in [0.4, 0.5) is 5.69 Å². The fraction of sp³-hybridized carbons (Fsp3) is 0.375. The molecule has 2 amide bonds. The van der Waals surface area contributed by atoms with Crippen LogP contribution in [0, 0.1) is 5.92 Å². The van der Waals surface area contributed by atoms with Gasteiger partial charge in [-0.3, -0.25) is 14.4 Å². The van der Waals surface area contributed by atoms with Gasteiger partial charge in [0.2, 0.25) is 11.8 Å². The van der Waals surface area contributed by atoms with E-state index in [1.54, 1.807) is 0 Å². The average Bonchev–Trinajstić information content (AvgIpc) is 2.75. The smallest absolute Gasteiger partial charge is 0.227 e. The summed E-state index contributed by atoms with van der Waals surface area (Å²) in [5, 5.41) is 5.73. The average molecular weight is 395 g/mol. The molecule has 0 bridgehead atoms. The van der Waals surface area contributed by atoms with Gasteiger partial charge >= 0.3 is 0 Å². The van der Waals surface area contributed by atoms with Gasteiger partial charge in [0.1, 0.15) is 0 Å². The predicted molar refractivity (Wildman–Crippen MR) is 116 cm³/mol. The van der Waals surface area contributed by atoms with E-state index in [1.807, 2.05) is 62.4 Å². The van der Waals surface area contributed by atoms with Crippen LogP contribution in [0.5, 0.6) is 0 Å². The number of anilines is 1. The summed E-state index contributed by atoms with van der Waals surface area (Å²) >= 11 is 0. The molecule has 2 aromatic rings. The number of aryl methyl sites for hydroxylation is 1. The first-order valence-corrected chi connectivity index (χ1v) is 10.2. The summed E-state index contributed by atoms with van der Waals surface area (Å²) in [6, 6.07) is 14.9. The second-order valence-corrected chi connectivity index (χ2v) is 7.25. The van der Waals surface area contributed by atoms with E-state index in [2.05, 4.69) is 17.6 Å². The maximum atomic E-state index is 12.2. The van der Waals surface area contributed by atoms with E-state index in [0.29, 0.717) is 17.8 Å². The molecule has 0 aliphatic carbocycles. The maximum absolute atomic E-state index is 12.2. The number of hydrogen-bond donors (Lipinski definition) is 2. The number of ketones is 1. The minimum absolute atomic E-state index is 0.0147. The van der Waals surface area contributed by atoms with Crippen molar-refractivity contribution in [1.29, 1.82) is 0 Å². The zero-order valence-corrected chi connectivity index (χ0v) is 17.5. The largest absolute Gasteiger partial charge is 0.352 e. The number of carbonyl (C=O) groups excluding carboxylic acids is 3. The number of nitrogens with one attached hydrogen (secondary N) is 2. The zero-order chi connectivity index (χ0) is 21.2. The first-order chi connectivity index (χ1) is 13.9. The highest BCUT2D eigenvalue weighted by Gasteiger charge is 2.11. The summed E-state index contributed by atoms with van der Waals surface area (Å²) < 4.78 is 0. The van der Waals surface area contributed by atoms with E-state index in [9.17, 15) is 14.4 Å². The summed E-state index contributed by atoms with van der Waals surface area (Å²) in [4.78, 5) is 36.4. The predicted octanol–water partition coefficient (Wildman–Crippen LogP) is 4.51. The maximum Gasteiger partial charge on any atom is 0.227 e. The zero-order valence-electron chi connectivity index (χ0n) is 17.5. The number of carbonyl (C=O) groups is 3. The van der Waals surface area contributed by atoms with Crippen molar-refractivity contribution < 1.29 is 14.4 Å². The van der Waals surface area contributed by atoms with Crippen LogP contribution in [0.15, 0.2) is 48.5 Å². The lowest BCUT2D eigenvalue weighted by molar-refractivity contribution is -0.121. The second-order valence-electron chi connectivity index (χ2n) is 7.25. The molecule has 0 radical (unpaired) electrons. The van der Waals surface area contributed by atoms with Crippen molar-refractivity contribution in [1.82, 2.24) is 5.32 Å². The number of amides is 2. The molecule has 5 heteroatoms. The van der Waals surface area contributed by atoms with Gasteiger partial charge in [-0.1, -0.05) is 57.2 Å². The van der Waals surface area contributed by atoms with Crippen molar-refractivity contribution in [2.75, 3.05) is 5.32 Å². The highest BCUT2D eigenvalue weighted by Crippen LogP contribution is 2.13. The van der Waals surface area contributed by atoms with Gasteiger partial charge in [0.15, 0.2) is 5.78 Å². The molecular weight excluding hydrogens is 364 g/mol. The van der Waals surface area contributed by atoms with Crippen LogP contribution < -0.4 is 10.6 Å². The summed E-state index contributed by atoms with van der Waals surface area (Å²) in [5.41, 5.74) is 3.43. The fourth-order valence-corrected chi connectivity index (χ4v) is 2.80. The molecule has 0 saturated heterocycles. The van der Waals surface area contributed by atoms with Crippen LogP contribution >= 0.6 is 0 Å². The molecule has 0 aliphatic heterocycles. The van der Waals surface area contributed by atoms with Gasteiger partial charge in [-0.05, 0) is 36.1 Å². The molecule has 5 nitrogen and oxygen atoms in total. The van der Waals surface area contributed by atoms with Crippen LogP contribution in [-0.4, -0.2) is 17.6 Å². The van der Waals surface area contributed by atoms with Crippen molar-refractivity contribution >= 4 is 23.3 Å². The van der Waals surface area contributed by atoms with E-state index in [4.69, 9.17) is 0 Å². The molecule has 0 fully saturated rings. The molecule has 0 saturated carbocycles. The Kier molecular flexibility index (Phi) is 8.59. The van der Waals surface area contributed by atoms with Crippen LogP contribution in [-0.2, 0) is 22.6 Å². The minimum atomic E-state index is -0.169. The van der Waals surface area contributed by atoms with Crippen molar-refractivity contribution in [3.05, 3.63) is 65.2 Å². The van der Waals surface area contributed by atoms with Gasteiger partial charge in [-0.25, -0.2) is 0 Å². The molecule has 0 aliphatic rings. The normalized spacial score (nSPS) is 11.6. The molecule has 29 heavy (non-hydrogen) atoms. The lowest BCUT2D eigenvalue weighted by Crippen LogP contribution is -2.23. The van der Waals surface area contributed by atoms with Gasteiger partial charge in [-0.2, -0.15) is 0 Å². The first kappa shape index (κ1) is 22.3. The van der Waals surface area contributed by atoms with Crippen molar-refractivity contribution in [2.45, 2.75) is 53.0 Å². The molecule has 1 unspecified atom stereocenters. The Balaban J connectivity index is 1.80. The van der Waals surface area contributed by atoms with E-state index in [1.165, 1.54) is 5.56 Å². The number of rotatable bonds is 10. The van der Waals surface area contributed by atoms with Crippen LogP contribution in [0.25, 0.3) is 0 Å². The lowest BCUT2D eigenvalue weighted by atomic mass is 10.0. The molecular formula is C24H30N2O3. The lowest BCUT2D eigenvalue weighted by Gasteiger charge is -2.11. The SMILES string of the molecule is CCc1ccc(C(=O)CCC(=O)NCc2cccc(NC(=O)C(C)CC)c2)cc1. The summed E-state index contributed by atoms with van der Waals surface area (Å²) in [5.74, 6) is -0.261. The van der Waals surface area contributed by atoms with Gasteiger partial charge in [0, 0.05) is 36.6 Å². The molecule has 0 heterocycles. The van der Waals surface area contributed by atoms with E-state index >= 15 is 0 Å². The van der Waals surface area contributed by atoms with E-state index in [0.717, 1.165) is 18.4 Å². The fourth-order valence-electron chi connectivity index (χ4n) is 2.80. The van der Waals surface area contributed by atoms with Crippen LogP contribution in [0.1, 0.15) is 61.5 Å². The van der Waals surface area contributed by atoms with Gasteiger partial charge < -0.3 is 10.6 Å². The topological polar surface area (TPSA) is 75.3 Å². The summed E-state index contributed by atoms with van der Waals surface area (Å²) in [6.07, 6.45) is 2.05. The molecule has 2 aromatic carbocycles. The molecule has 2 rings (SSSR count). The Morgan fingerprint density at radius 2 is 1.66 bits per heavy atom. The summed E-state index contributed by atoms with van der Waals surface area (Å²) in [7, 11) is 0. The Hall–Kier alpha value is -2.95. The molecule has 2 N–H and O–H groups in total. The van der Waals surface area contributed by atoms with Crippen molar-refractivity contribution in [3.63, 3.8) is 0 Å². The first-order valence-electron chi connectivity index (χ1n) is 10.2. The highest BCUT2D eigenvalue weighted by molar-refractivity contribution is 5.98. The molecule has 154 valence electrons. The minimum Gasteiger partial charge on any atom is -0.352 e. The van der Waals surface area contributed by atoms with Gasteiger partial charge in [0.25, 0.3) is 0 Å². The quantitative estimate of drug-likeness (QED) is 0.582. The third-order valence-electron chi connectivity index (χ3n) is 5.01. The van der Waals surface area contributed by atoms with Gasteiger partial charge in [-0.15, -0.1) is 0 Å². The molecule has 0 aromatic heterocycles. The van der Waals surface area contributed by atoms with Crippen molar-refractivity contribution in [3.8, 4) is 0 Å². The second kappa shape index (κ2) is 11.1. The van der Waals surface area contributed by atoms with E-state index < -0.39 is 0 Å². The Bertz CT molecular complexity index is 843. The Morgan fingerprint density at radius 1 is 0.931 bits per heavy atom. The third kappa shape index (κ3) is 7.18. The van der Waals surface area contributed by atoms with Crippen LogP contribution in [0.3, 0.4) is 0 Å². The third-order valence-corrected chi connectivity index (χ3v) is 5.01. The Morgan fingerprint density at radius 3 is 2.31 bits per heavy atom. The Labute approximate surface area is 172 Å². The molecule has 1 atom stereocenters. The van der Waals surface area contributed by atoms with Crippen molar-refractivity contribution in [2.24, 2.45) is 5.92 Å². The number of benzene rings is 2. The van der Waals surface area contributed by atoms with Crippen LogP contribution in [0.2, 0.25) is 0 Å². The number of Topliss-reactive ketones (excluding diaryl/α,β-unsaturated/α-hetero) is 1. The monoisotopic (exact) mass is 394 g/mol. The summed E-state index contributed by atoms with van der Waals surface area (Å²) in [6.45, 7) is 6.28.